The summed E-state index contributed by atoms with van der Waals surface area (Å²) < 4.78 is 5.01. The van der Waals surface area contributed by atoms with E-state index in [1.807, 2.05) is 31.3 Å². The standard InChI is InChI=1S/C20H24N6O2S/c1-14-16-18(26-10-8-25(9-11-26)15-5-3-4-6-21-15)23-13-24-20(16)29-17(14)19(27)22-7-12-28-2/h3-6,13H,7-12H2,1-2H3,(H,22,27). The predicted octanol–water partition coefficient (Wildman–Crippen LogP) is 2.10. The van der Waals surface area contributed by atoms with Crippen molar-refractivity contribution in [3.63, 3.8) is 0 Å². The maximum Gasteiger partial charge on any atom is 0.261 e. The van der Waals surface area contributed by atoms with Gasteiger partial charge in [0.15, 0.2) is 0 Å². The molecule has 0 saturated carbocycles. The van der Waals surface area contributed by atoms with Gasteiger partial charge in [-0.3, -0.25) is 4.79 Å². The smallest absolute Gasteiger partial charge is 0.261 e. The van der Waals surface area contributed by atoms with Crippen molar-refractivity contribution >= 4 is 39.1 Å². The number of anilines is 2. The van der Waals surface area contributed by atoms with Gasteiger partial charge in [0.25, 0.3) is 5.91 Å². The number of hydrogen-bond acceptors (Lipinski definition) is 8. The third-order valence-electron chi connectivity index (χ3n) is 5.06. The SMILES string of the molecule is COCCNC(=O)c1sc2ncnc(N3CCN(c4ccccn4)CC3)c2c1C. The highest BCUT2D eigenvalue weighted by Gasteiger charge is 2.24. The number of rotatable bonds is 6. The average molecular weight is 413 g/mol. The zero-order chi connectivity index (χ0) is 20.2. The Kier molecular flexibility index (Phi) is 5.86. The minimum atomic E-state index is -0.0894. The van der Waals surface area contributed by atoms with Crippen LogP contribution in [0.3, 0.4) is 0 Å². The largest absolute Gasteiger partial charge is 0.383 e. The summed E-state index contributed by atoms with van der Waals surface area (Å²) in [6.07, 6.45) is 3.41. The van der Waals surface area contributed by atoms with Gasteiger partial charge < -0.3 is 19.9 Å². The van der Waals surface area contributed by atoms with Crippen molar-refractivity contribution < 1.29 is 9.53 Å². The van der Waals surface area contributed by atoms with E-state index in [0.29, 0.717) is 18.0 Å². The van der Waals surface area contributed by atoms with Crippen molar-refractivity contribution in [2.45, 2.75) is 6.92 Å². The van der Waals surface area contributed by atoms with Crippen LogP contribution in [0.2, 0.25) is 0 Å². The number of amides is 1. The van der Waals surface area contributed by atoms with Crippen LogP contribution in [0, 0.1) is 6.92 Å². The van der Waals surface area contributed by atoms with Gasteiger partial charge >= 0.3 is 0 Å². The third-order valence-corrected chi connectivity index (χ3v) is 6.26. The molecule has 0 spiro atoms. The van der Waals surface area contributed by atoms with Crippen LogP contribution in [-0.4, -0.2) is 67.3 Å². The molecular formula is C20H24N6O2S. The third kappa shape index (κ3) is 4.01. The Balaban J connectivity index is 1.55. The van der Waals surface area contributed by atoms with E-state index >= 15 is 0 Å². The first-order valence-electron chi connectivity index (χ1n) is 9.61. The summed E-state index contributed by atoms with van der Waals surface area (Å²) in [4.78, 5) is 32.1. The summed E-state index contributed by atoms with van der Waals surface area (Å²) >= 11 is 1.41. The summed E-state index contributed by atoms with van der Waals surface area (Å²) in [5.74, 6) is 1.82. The van der Waals surface area contributed by atoms with Crippen LogP contribution in [-0.2, 0) is 4.74 Å². The monoisotopic (exact) mass is 412 g/mol. The Bertz CT molecular complexity index is 985. The highest BCUT2D eigenvalue weighted by molar-refractivity contribution is 7.20. The Labute approximate surface area is 173 Å². The average Bonchev–Trinajstić information content (AvgIpc) is 3.11. The molecular weight excluding hydrogens is 388 g/mol. The van der Waals surface area contributed by atoms with Gasteiger partial charge in [0.05, 0.1) is 16.9 Å². The molecule has 1 saturated heterocycles. The maximum atomic E-state index is 12.6. The van der Waals surface area contributed by atoms with E-state index in [1.165, 1.54) is 11.3 Å². The zero-order valence-electron chi connectivity index (χ0n) is 16.6. The lowest BCUT2D eigenvalue weighted by Crippen LogP contribution is -2.47. The number of carbonyl (C=O) groups excluding carboxylic acids is 1. The van der Waals surface area contributed by atoms with Gasteiger partial charge in [0.1, 0.15) is 22.8 Å². The van der Waals surface area contributed by atoms with Crippen molar-refractivity contribution in [3.8, 4) is 0 Å². The number of thiophene rings is 1. The molecule has 4 rings (SSSR count). The van der Waals surface area contributed by atoms with Crippen LogP contribution in [0.25, 0.3) is 10.2 Å². The lowest BCUT2D eigenvalue weighted by atomic mass is 10.1. The van der Waals surface area contributed by atoms with Gasteiger partial charge in [-0.2, -0.15) is 0 Å². The van der Waals surface area contributed by atoms with E-state index in [9.17, 15) is 4.79 Å². The Morgan fingerprint density at radius 1 is 1.17 bits per heavy atom. The van der Waals surface area contributed by atoms with Crippen molar-refractivity contribution in [2.75, 3.05) is 56.2 Å². The highest BCUT2D eigenvalue weighted by atomic mass is 32.1. The number of methoxy groups -OCH3 is 1. The van der Waals surface area contributed by atoms with Crippen LogP contribution >= 0.6 is 11.3 Å². The predicted molar refractivity (Wildman–Crippen MR) is 115 cm³/mol. The molecule has 3 aromatic rings. The number of ether oxygens (including phenoxy) is 1. The summed E-state index contributed by atoms with van der Waals surface area (Å²) in [5.41, 5.74) is 0.933. The molecule has 0 unspecified atom stereocenters. The molecule has 1 amide bonds. The van der Waals surface area contributed by atoms with E-state index in [0.717, 1.165) is 53.6 Å². The lowest BCUT2D eigenvalue weighted by Gasteiger charge is -2.36. The molecule has 1 aliphatic heterocycles. The van der Waals surface area contributed by atoms with Crippen molar-refractivity contribution in [3.05, 3.63) is 41.2 Å². The van der Waals surface area contributed by atoms with E-state index in [1.54, 1.807) is 13.4 Å². The normalized spacial score (nSPS) is 14.4. The summed E-state index contributed by atoms with van der Waals surface area (Å²) in [6, 6.07) is 5.98. The summed E-state index contributed by atoms with van der Waals surface area (Å²) in [5, 5.41) is 3.87. The first-order valence-corrected chi connectivity index (χ1v) is 10.4. The van der Waals surface area contributed by atoms with Gasteiger partial charge in [-0.25, -0.2) is 15.0 Å². The van der Waals surface area contributed by atoms with Crippen molar-refractivity contribution in [1.29, 1.82) is 0 Å². The Hall–Kier alpha value is -2.78. The Morgan fingerprint density at radius 2 is 1.97 bits per heavy atom. The molecule has 0 atom stereocenters. The van der Waals surface area contributed by atoms with Crippen LogP contribution < -0.4 is 15.1 Å². The van der Waals surface area contributed by atoms with Gasteiger partial charge in [0.2, 0.25) is 0 Å². The van der Waals surface area contributed by atoms with Crippen LogP contribution in [0.5, 0.6) is 0 Å². The maximum absolute atomic E-state index is 12.6. The summed E-state index contributed by atoms with van der Waals surface area (Å²) in [7, 11) is 1.62. The van der Waals surface area contributed by atoms with Gasteiger partial charge in [-0.15, -0.1) is 11.3 Å². The molecule has 1 fully saturated rings. The second kappa shape index (κ2) is 8.71. The minimum Gasteiger partial charge on any atom is -0.383 e. The first-order chi connectivity index (χ1) is 14.2. The van der Waals surface area contributed by atoms with Crippen LogP contribution in [0.15, 0.2) is 30.7 Å². The number of aryl methyl sites for hydroxylation is 1. The fourth-order valence-electron chi connectivity index (χ4n) is 3.54. The summed E-state index contributed by atoms with van der Waals surface area (Å²) in [6.45, 7) is 6.37. The number of fused-ring (bicyclic) bond motifs is 1. The molecule has 4 heterocycles. The number of pyridine rings is 1. The van der Waals surface area contributed by atoms with E-state index in [-0.39, 0.29) is 5.91 Å². The van der Waals surface area contributed by atoms with Gasteiger partial charge in [-0.05, 0) is 24.6 Å². The number of piperazine rings is 1. The number of carbonyl (C=O) groups is 1. The van der Waals surface area contributed by atoms with E-state index in [4.69, 9.17) is 4.74 Å². The van der Waals surface area contributed by atoms with Crippen molar-refractivity contribution in [1.82, 2.24) is 20.3 Å². The zero-order valence-corrected chi connectivity index (χ0v) is 17.4. The molecule has 1 aliphatic rings. The second-order valence-corrected chi connectivity index (χ2v) is 7.84. The fourth-order valence-corrected chi connectivity index (χ4v) is 4.60. The highest BCUT2D eigenvalue weighted by Crippen LogP contribution is 2.35. The number of nitrogens with one attached hydrogen (secondary N) is 1. The second-order valence-electron chi connectivity index (χ2n) is 6.84. The Morgan fingerprint density at radius 3 is 2.69 bits per heavy atom. The lowest BCUT2D eigenvalue weighted by molar-refractivity contribution is 0.0940. The number of aromatic nitrogens is 3. The molecule has 9 heteroatoms. The first kappa shape index (κ1) is 19.5. The number of nitrogens with zero attached hydrogens (tertiary/aromatic N) is 5. The minimum absolute atomic E-state index is 0.0894. The number of hydrogen-bond donors (Lipinski definition) is 1. The van der Waals surface area contributed by atoms with Crippen LogP contribution in [0.1, 0.15) is 15.2 Å². The van der Waals surface area contributed by atoms with Gasteiger partial charge in [0, 0.05) is 46.0 Å². The molecule has 29 heavy (non-hydrogen) atoms. The van der Waals surface area contributed by atoms with E-state index < -0.39 is 0 Å². The molecule has 8 nitrogen and oxygen atoms in total. The quantitative estimate of drug-likeness (QED) is 0.621. The van der Waals surface area contributed by atoms with Crippen LogP contribution in [0.4, 0.5) is 11.6 Å². The van der Waals surface area contributed by atoms with Crippen molar-refractivity contribution in [2.24, 2.45) is 0 Å². The van der Waals surface area contributed by atoms with E-state index in [2.05, 4.69) is 30.1 Å². The molecule has 3 aromatic heterocycles. The molecule has 0 aromatic carbocycles. The topological polar surface area (TPSA) is 83.5 Å². The molecule has 1 N–H and O–H groups in total. The molecule has 0 aliphatic carbocycles. The van der Waals surface area contributed by atoms with Gasteiger partial charge in [-0.1, -0.05) is 6.07 Å². The molecule has 152 valence electrons. The fraction of sp³-hybridized carbons (Fsp3) is 0.400. The molecule has 0 radical (unpaired) electrons. The molecule has 0 bridgehead atoms.